The van der Waals surface area contributed by atoms with Crippen LogP contribution in [0.4, 0.5) is 0 Å². The van der Waals surface area contributed by atoms with E-state index in [2.05, 4.69) is 20.3 Å². The van der Waals surface area contributed by atoms with Gasteiger partial charge in [0.1, 0.15) is 6.61 Å². The molecule has 0 radical (unpaired) electrons. The Morgan fingerprint density at radius 2 is 2.03 bits per heavy atom. The van der Waals surface area contributed by atoms with Crippen molar-refractivity contribution in [2.45, 2.75) is 20.8 Å². The molecule has 1 aromatic carbocycles. The Balaban J connectivity index is 2.08. The molecule has 1 aliphatic rings. The molecule has 0 unspecified atom stereocenters. The number of allylic oxidation sites excluding steroid dienone is 1. The lowest BCUT2D eigenvalue weighted by Crippen LogP contribution is -2.19. The second kappa shape index (κ2) is 11.1. The molecule has 1 aliphatic heterocycles. The second-order valence-electron chi connectivity index (χ2n) is 5.97. The maximum atomic E-state index is 11.8. The van der Waals surface area contributed by atoms with Crippen LogP contribution in [0, 0.1) is 0 Å². The molecule has 0 saturated carbocycles. The van der Waals surface area contributed by atoms with Gasteiger partial charge in [-0.25, -0.2) is 4.79 Å². The van der Waals surface area contributed by atoms with Gasteiger partial charge in [-0.1, -0.05) is 5.57 Å². The average molecular weight is 417 g/mol. The molecule has 29 heavy (non-hydrogen) atoms. The summed E-state index contributed by atoms with van der Waals surface area (Å²) < 4.78 is 15.9. The number of hydrogen-bond donors (Lipinski definition) is 1. The highest BCUT2D eigenvalue weighted by molar-refractivity contribution is 8.18. The van der Waals surface area contributed by atoms with Gasteiger partial charge in [0.15, 0.2) is 16.7 Å². The number of ether oxygens (including phenoxy) is 3. The summed E-state index contributed by atoms with van der Waals surface area (Å²) in [5.74, 6) is 0.218. The van der Waals surface area contributed by atoms with Gasteiger partial charge in [-0.15, -0.1) is 5.10 Å². The van der Waals surface area contributed by atoms with Crippen LogP contribution in [-0.2, 0) is 14.3 Å². The van der Waals surface area contributed by atoms with Gasteiger partial charge in [-0.3, -0.25) is 10.1 Å². The van der Waals surface area contributed by atoms with Crippen molar-refractivity contribution in [3.8, 4) is 11.5 Å². The van der Waals surface area contributed by atoms with Crippen LogP contribution >= 0.6 is 11.8 Å². The first-order chi connectivity index (χ1) is 13.9. The molecule has 1 saturated heterocycles. The van der Waals surface area contributed by atoms with Crippen molar-refractivity contribution >= 4 is 35.0 Å². The topological polar surface area (TPSA) is 98.6 Å². The zero-order valence-corrected chi connectivity index (χ0v) is 17.5. The third-order valence-electron chi connectivity index (χ3n) is 3.45. The van der Waals surface area contributed by atoms with Gasteiger partial charge in [0.05, 0.1) is 24.8 Å². The lowest BCUT2D eigenvalue weighted by molar-refractivity contribution is -0.135. The fourth-order valence-electron chi connectivity index (χ4n) is 2.08. The van der Waals surface area contributed by atoms with Crippen molar-refractivity contribution in [2.24, 2.45) is 10.2 Å². The van der Waals surface area contributed by atoms with Gasteiger partial charge in [-0.2, -0.15) is 5.10 Å². The number of nitrogens with one attached hydrogen (secondary N) is 1. The predicted octanol–water partition coefficient (Wildman–Crippen LogP) is 3.04. The number of carbonyl (C=O) groups excluding carboxylic acids is 2. The summed E-state index contributed by atoms with van der Waals surface area (Å²) in [5, 5.41) is 10.7. The molecule has 1 aromatic rings. The van der Waals surface area contributed by atoms with Crippen LogP contribution in [-0.4, -0.2) is 43.6 Å². The highest BCUT2D eigenvalue weighted by Crippen LogP contribution is 2.28. The molecule has 0 atom stereocenters. The van der Waals surface area contributed by atoms with Gasteiger partial charge in [0, 0.05) is 6.08 Å². The maximum Gasteiger partial charge on any atom is 0.331 e. The Kier molecular flexibility index (Phi) is 8.47. The normalized spacial score (nSPS) is 16.2. The van der Waals surface area contributed by atoms with E-state index in [0.717, 1.165) is 23.4 Å². The Bertz CT molecular complexity index is 886. The average Bonchev–Trinajstić information content (AvgIpc) is 3.02. The van der Waals surface area contributed by atoms with E-state index < -0.39 is 11.9 Å². The molecule has 1 fully saturated rings. The van der Waals surface area contributed by atoms with E-state index in [1.54, 1.807) is 6.07 Å². The molecule has 0 aromatic heterocycles. The molecule has 154 valence electrons. The van der Waals surface area contributed by atoms with Crippen LogP contribution < -0.4 is 14.8 Å². The van der Waals surface area contributed by atoms with Crippen molar-refractivity contribution in [1.82, 2.24) is 5.32 Å². The number of nitrogens with zero attached hydrogens (tertiary/aromatic N) is 2. The molecule has 0 spiro atoms. The van der Waals surface area contributed by atoms with Crippen LogP contribution in [0.25, 0.3) is 0 Å². The number of amides is 1. The molecular weight excluding hydrogens is 394 g/mol. The SMILES string of the molecule is CCOc1cc(C=N/N=C2/NC(=O)/C(=C\C(=O)OC)S2)ccc1OCC=C(C)C. The van der Waals surface area contributed by atoms with Crippen molar-refractivity contribution in [2.75, 3.05) is 20.3 Å². The van der Waals surface area contributed by atoms with Crippen LogP contribution in [0.5, 0.6) is 11.5 Å². The Morgan fingerprint density at radius 1 is 1.24 bits per heavy atom. The minimum absolute atomic E-state index is 0.197. The molecular formula is C20H23N3O5S. The minimum Gasteiger partial charge on any atom is -0.490 e. The highest BCUT2D eigenvalue weighted by Gasteiger charge is 2.25. The molecule has 1 heterocycles. The van der Waals surface area contributed by atoms with Gasteiger partial charge >= 0.3 is 5.97 Å². The van der Waals surface area contributed by atoms with Crippen LogP contribution in [0.3, 0.4) is 0 Å². The lowest BCUT2D eigenvalue weighted by Gasteiger charge is -2.11. The summed E-state index contributed by atoms with van der Waals surface area (Å²) in [6, 6.07) is 5.43. The summed E-state index contributed by atoms with van der Waals surface area (Å²) in [7, 11) is 1.24. The van der Waals surface area contributed by atoms with E-state index in [9.17, 15) is 9.59 Å². The van der Waals surface area contributed by atoms with Crippen molar-refractivity contribution in [3.63, 3.8) is 0 Å². The van der Waals surface area contributed by atoms with Gasteiger partial charge < -0.3 is 14.2 Å². The summed E-state index contributed by atoms with van der Waals surface area (Å²) in [6.45, 7) is 6.87. The van der Waals surface area contributed by atoms with E-state index in [4.69, 9.17) is 9.47 Å². The summed E-state index contributed by atoms with van der Waals surface area (Å²) in [4.78, 5) is 23.2. The van der Waals surface area contributed by atoms with Gasteiger partial charge in [0.2, 0.25) is 0 Å². The number of rotatable bonds is 8. The number of carbonyl (C=O) groups is 2. The molecule has 1 amide bonds. The number of esters is 1. The summed E-state index contributed by atoms with van der Waals surface area (Å²) in [5.41, 5.74) is 1.93. The molecule has 8 nitrogen and oxygen atoms in total. The highest BCUT2D eigenvalue weighted by atomic mass is 32.2. The smallest absolute Gasteiger partial charge is 0.331 e. The number of benzene rings is 1. The van der Waals surface area contributed by atoms with Crippen molar-refractivity contribution < 1.29 is 23.8 Å². The first-order valence-electron chi connectivity index (χ1n) is 8.85. The second-order valence-corrected chi connectivity index (χ2v) is 7.00. The van der Waals surface area contributed by atoms with E-state index in [1.807, 2.05) is 39.0 Å². The van der Waals surface area contributed by atoms with E-state index in [1.165, 1.54) is 18.9 Å². The molecule has 0 aliphatic carbocycles. The number of hydrogen-bond acceptors (Lipinski definition) is 8. The fourth-order valence-corrected chi connectivity index (χ4v) is 2.82. The molecule has 9 heteroatoms. The van der Waals surface area contributed by atoms with E-state index in [-0.39, 0.29) is 10.1 Å². The zero-order chi connectivity index (χ0) is 21.2. The Hall–Kier alpha value is -3.07. The maximum absolute atomic E-state index is 11.8. The third-order valence-corrected chi connectivity index (χ3v) is 4.35. The van der Waals surface area contributed by atoms with Crippen molar-refractivity contribution in [3.05, 3.63) is 46.4 Å². The quantitative estimate of drug-likeness (QED) is 0.230. The summed E-state index contributed by atoms with van der Waals surface area (Å²) >= 11 is 1.01. The number of methoxy groups -OCH3 is 1. The van der Waals surface area contributed by atoms with Gasteiger partial charge in [0.25, 0.3) is 5.91 Å². The van der Waals surface area contributed by atoms with Gasteiger partial charge in [-0.05, 0) is 62.4 Å². The standard InChI is InChI=1S/C20H23N3O5S/c1-5-27-16-10-14(6-7-15(16)28-9-8-13(2)3)12-21-23-20-22-19(25)17(29-20)11-18(24)26-4/h6-8,10-12H,5,9H2,1-4H3,(H,22,23,25)/b17-11+,21-12?. The third kappa shape index (κ3) is 7.11. The van der Waals surface area contributed by atoms with Crippen molar-refractivity contribution in [1.29, 1.82) is 0 Å². The minimum atomic E-state index is -0.609. The van der Waals surface area contributed by atoms with Crippen LogP contribution in [0.15, 0.2) is 51.0 Å². The lowest BCUT2D eigenvalue weighted by atomic mass is 10.2. The molecule has 2 rings (SSSR count). The Labute approximate surface area is 173 Å². The van der Waals surface area contributed by atoms with Crippen LogP contribution in [0.1, 0.15) is 26.3 Å². The number of amidine groups is 1. The first kappa shape index (κ1) is 22.2. The zero-order valence-electron chi connectivity index (χ0n) is 16.7. The fraction of sp³-hybridized carbons (Fsp3) is 0.300. The number of thioether (sulfide) groups is 1. The predicted molar refractivity (Wildman–Crippen MR) is 113 cm³/mol. The molecule has 1 N–H and O–H groups in total. The summed E-state index contributed by atoms with van der Waals surface area (Å²) in [6.07, 6.45) is 4.62. The Morgan fingerprint density at radius 3 is 2.72 bits per heavy atom. The van der Waals surface area contributed by atoms with E-state index in [0.29, 0.717) is 24.7 Å². The largest absolute Gasteiger partial charge is 0.490 e. The molecule has 0 bridgehead atoms. The first-order valence-corrected chi connectivity index (χ1v) is 9.67. The van der Waals surface area contributed by atoms with E-state index >= 15 is 0 Å². The van der Waals surface area contributed by atoms with Crippen LogP contribution in [0.2, 0.25) is 0 Å². The monoisotopic (exact) mass is 417 g/mol.